The topological polar surface area (TPSA) is 52.7 Å². The number of halogens is 1. The van der Waals surface area contributed by atoms with E-state index < -0.39 is 0 Å². The summed E-state index contributed by atoms with van der Waals surface area (Å²) < 4.78 is 0. The van der Waals surface area contributed by atoms with Crippen molar-refractivity contribution in [3.8, 4) is 0 Å². The number of rotatable bonds is 7. The van der Waals surface area contributed by atoms with Crippen molar-refractivity contribution < 1.29 is 9.59 Å². The average molecular weight is 370 g/mol. The number of nitrogens with zero attached hydrogens (tertiary/aromatic N) is 2. The van der Waals surface area contributed by atoms with Gasteiger partial charge in [0.05, 0.1) is 23.0 Å². The third-order valence-electron chi connectivity index (χ3n) is 3.81. The van der Waals surface area contributed by atoms with Gasteiger partial charge in [0.25, 0.3) is 0 Å². The normalized spacial score (nSPS) is 15.3. The maximum absolute atomic E-state index is 12.1. The summed E-state index contributed by atoms with van der Waals surface area (Å²) in [6.45, 7) is 5.25. The molecule has 0 saturated carbocycles. The maximum Gasteiger partial charge on any atom is 0.238 e. The van der Waals surface area contributed by atoms with E-state index in [4.69, 9.17) is 11.6 Å². The molecule has 0 bridgehead atoms. The van der Waals surface area contributed by atoms with Crippen LogP contribution >= 0.6 is 23.4 Å². The molecule has 1 aromatic carbocycles. The van der Waals surface area contributed by atoms with Gasteiger partial charge >= 0.3 is 0 Å². The van der Waals surface area contributed by atoms with E-state index in [1.807, 2.05) is 17.0 Å². The standard InChI is InChI=1S/C17H24ClN3O2S/c1-2-11-24-13-17(23)21-9-7-20(8-10-21)12-16(22)19-15-6-4-3-5-14(15)18/h3-6H,2,7-13H2,1H3,(H,19,22). The summed E-state index contributed by atoms with van der Waals surface area (Å²) in [6, 6.07) is 7.19. The smallest absolute Gasteiger partial charge is 0.238 e. The molecule has 2 amide bonds. The summed E-state index contributed by atoms with van der Waals surface area (Å²) in [5, 5.41) is 3.36. The molecule has 0 radical (unpaired) electrons. The van der Waals surface area contributed by atoms with E-state index in [0.29, 0.717) is 36.1 Å². The number of carbonyl (C=O) groups is 2. The number of piperazine rings is 1. The highest BCUT2D eigenvalue weighted by Crippen LogP contribution is 2.20. The second-order valence-corrected chi connectivity index (χ2v) is 7.25. The van der Waals surface area contributed by atoms with Crippen LogP contribution in [0.3, 0.4) is 0 Å². The number of anilines is 1. The van der Waals surface area contributed by atoms with Gasteiger partial charge in [0.1, 0.15) is 0 Å². The first kappa shape index (κ1) is 19.1. The van der Waals surface area contributed by atoms with Crippen LogP contribution in [0, 0.1) is 0 Å². The molecule has 1 aliphatic heterocycles. The average Bonchev–Trinajstić information content (AvgIpc) is 2.58. The van der Waals surface area contributed by atoms with Gasteiger partial charge in [-0.15, -0.1) is 0 Å². The number of thioether (sulfide) groups is 1. The summed E-state index contributed by atoms with van der Waals surface area (Å²) in [5.74, 6) is 1.70. The molecule has 0 aromatic heterocycles. The highest BCUT2D eigenvalue weighted by Gasteiger charge is 2.22. The van der Waals surface area contributed by atoms with Gasteiger partial charge in [0.15, 0.2) is 0 Å². The minimum absolute atomic E-state index is 0.0821. The quantitative estimate of drug-likeness (QED) is 0.750. The maximum atomic E-state index is 12.1. The first-order valence-electron chi connectivity index (χ1n) is 8.22. The molecule has 1 heterocycles. The van der Waals surface area contributed by atoms with Crippen molar-refractivity contribution in [1.82, 2.24) is 9.80 Å². The fraction of sp³-hybridized carbons (Fsp3) is 0.529. The molecule has 1 saturated heterocycles. The molecule has 1 aromatic rings. The fourth-order valence-corrected chi connectivity index (χ4v) is 3.48. The van der Waals surface area contributed by atoms with Crippen LogP contribution in [0.5, 0.6) is 0 Å². The van der Waals surface area contributed by atoms with E-state index in [1.54, 1.807) is 23.9 Å². The van der Waals surface area contributed by atoms with Crippen molar-refractivity contribution >= 4 is 40.9 Å². The van der Waals surface area contributed by atoms with Crippen LogP contribution in [0.25, 0.3) is 0 Å². The first-order chi connectivity index (χ1) is 11.6. The summed E-state index contributed by atoms with van der Waals surface area (Å²) in [6.07, 6.45) is 1.09. The predicted octanol–water partition coefficient (Wildman–Crippen LogP) is 2.57. The summed E-state index contributed by atoms with van der Waals surface area (Å²) in [7, 11) is 0. The molecule has 7 heteroatoms. The number of carbonyl (C=O) groups excluding carboxylic acids is 2. The zero-order valence-electron chi connectivity index (χ0n) is 14.0. The third-order valence-corrected chi connectivity index (χ3v) is 5.29. The molecule has 24 heavy (non-hydrogen) atoms. The molecule has 1 N–H and O–H groups in total. The molecular formula is C17H24ClN3O2S. The van der Waals surface area contributed by atoms with E-state index >= 15 is 0 Å². The number of hydrogen-bond donors (Lipinski definition) is 1. The zero-order chi connectivity index (χ0) is 17.4. The molecule has 0 aliphatic carbocycles. The molecule has 0 spiro atoms. The van der Waals surface area contributed by atoms with Crippen LogP contribution in [0.4, 0.5) is 5.69 Å². The van der Waals surface area contributed by atoms with Gasteiger partial charge in [0.2, 0.25) is 11.8 Å². The Hall–Kier alpha value is -1.24. The molecule has 1 fully saturated rings. The second kappa shape index (κ2) is 9.91. The Labute approximate surface area is 152 Å². The lowest BCUT2D eigenvalue weighted by atomic mass is 10.3. The Balaban J connectivity index is 1.72. The number of benzene rings is 1. The van der Waals surface area contributed by atoms with Crippen LogP contribution in [-0.4, -0.2) is 65.8 Å². The van der Waals surface area contributed by atoms with Crippen molar-refractivity contribution in [2.75, 3.05) is 49.5 Å². The van der Waals surface area contributed by atoms with Gasteiger partial charge in [0, 0.05) is 26.2 Å². The van der Waals surface area contributed by atoms with Gasteiger partial charge in [-0.3, -0.25) is 14.5 Å². The molecule has 1 aliphatic rings. The molecule has 0 atom stereocenters. The van der Waals surface area contributed by atoms with Gasteiger partial charge in [-0.2, -0.15) is 11.8 Å². The third kappa shape index (κ3) is 6.00. The summed E-state index contributed by atoms with van der Waals surface area (Å²) in [4.78, 5) is 28.2. The monoisotopic (exact) mass is 369 g/mol. The van der Waals surface area contributed by atoms with Crippen molar-refractivity contribution in [2.45, 2.75) is 13.3 Å². The molecule has 132 valence electrons. The SMILES string of the molecule is CCCSCC(=O)N1CCN(CC(=O)Nc2ccccc2Cl)CC1. The summed E-state index contributed by atoms with van der Waals surface area (Å²) in [5.41, 5.74) is 0.630. The number of para-hydroxylation sites is 1. The largest absolute Gasteiger partial charge is 0.339 e. The second-order valence-electron chi connectivity index (χ2n) is 5.74. The number of hydrogen-bond acceptors (Lipinski definition) is 4. The van der Waals surface area contributed by atoms with Gasteiger partial charge in [-0.25, -0.2) is 0 Å². The van der Waals surface area contributed by atoms with Crippen LogP contribution in [-0.2, 0) is 9.59 Å². The first-order valence-corrected chi connectivity index (χ1v) is 9.75. The molecular weight excluding hydrogens is 346 g/mol. The van der Waals surface area contributed by atoms with E-state index in [0.717, 1.165) is 25.3 Å². The predicted molar refractivity (Wildman–Crippen MR) is 101 cm³/mol. The summed E-state index contributed by atoms with van der Waals surface area (Å²) >= 11 is 7.73. The molecule has 0 unspecified atom stereocenters. The van der Waals surface area contributed by atoms with E-state index in [2.05, 4.69) is 17.1 Å². The van der Waals surface area contributed by atoms with Gasteiger partial charge in [-0.05, 0) is 24.3 Å². The van der Waals surface area contributed by atoms with Crippen molar-refractivity contribution in [2.24, 2.45) is 0 Å². The van der Waals surface area contributed by atoms with Crippen LogP contribution in [0.2, 0.25) is 5.02 Å². The minimum atomic E-state index is -0.0821. The lowest BCUT2D eigenvalue weighted by Crippen LogP contribution is -2.50. The Morgan fingerprint density at radius 2 is 1.92 bits per heavy atom. The fourth-order valence-electron chi connectivity index (χ4n) is 2.51. The zero-order valence-corrected chi connectivity index (χ0v) is 15.5. The number of nitrogens with one attached hydrogen (secondary N) is 1. The molecule has 2 rings (SSSR count). The Kier molecular flexibility index (Phi) is 7.88. The van der Waals surface area contributed by atoms with Gasteiger partial charge < -0.3 is 10.2 Å². The van der Waals surface area contributed by atoms with E-state index in [1.165, 1.54) is 0 Å². The van der Waals surface area contributed by atoms with Crippen LogP contribution in [0.1, 0.15) is 13.3 Å². The number of amides is 2. The van der Waals surface area contributed by atoms with Crippen LogP contribution in [0.15, 0.2) is 24.3 Å². The van der Waals surface area contributed by atoms with E-state index in [-0.39, 0.29) is 11.8 Å². The van der Waals surface area contributed by atoms with Crippen molar-refractivity contribution in [3.05, 3.63) is 29.3 Å². The van der Waals surface area contributed by atoms with Crippen molar-refractivity contribution in [3.63, 3.8) is 0 Å². The Bertz CT molecular complexity index is 563. The van der Waals surface area contributed by atoms with Gasteiger partial charge in [-0.1, -0.05) is 30.7 Å². The van der Waals surface area contributed by atoms with E-state index in [9.17, 15) is 9.59 Å². The Morgan fingerprint density at radius 3 is 2.58 bits per heavy atom. The lowest BCUT2D eigenvalue weighted by Gasteiger charge is -2.34. The van der Waals surface area contributed by atoms with Crippen LogP contribution < -0.4 is 5.32 Å². The molecule has 5 nitrogen and oxygen atoms in total. The lowest BCUT2D eigenvalue weighted by molar-refractivity contribution is -0.130. The highest BCUT2D eigenvalue weighted by molar-refractivity contribution is 7.99. The Morgan fingerprint density at radius 1 is 1.21 bits per heavy atom. The van der Waals surface area contributed by atoms with Crippen molar-refractivity contribution in [1.29, 1.82) is 0 Å². The minimum Gasteiger partial charge on any atom is -0.339 e. The highest BCUT2D eigenvalue weighted by atomic mass is 35.5.